The molecule has 2 atom stereocenters. The molecule has 0 amide bonds. The number of hydrogen-bond acceptors (Lipinski definition) is 1. The van der Waals surface area contributed by atoms with Crippen molar-refractivity contribution in [1.29, 1.82) is 0 Å². The molecule has 1 nitrogen and oxygen atoms in total. The van der Waals surface area contributed by atoms with Crippen LogP contribution in [0, 0.1) is 5.92 Å². The molecule has 0 aliphatic carbocycles. The van der Waals surface area contributed by atoms with E-state index in [9.17, 15) is 0 Å². The van der Waals surface area contributed by atoms with Crippen molar-refractivity contribution < 1.29 is 0 Å². The number of piperidine rings is 1. The summed E-state index contributed by atoms with van der Waals surface area (Å²) in [7, 11) is 2.30. The van der Waals surface area contributed by atoms with Gasteiger partial charge in [-0.2, -0.15) is 0 Å². The van der Waals surface area contributed by atoms with E-state index in [-0.39, 0.29) is 0 Å². The van der Waals surface area contributed by atoms with Crippen LogP contribution in [-0.2, 0) is 0 Å². The summed E-state index contributed by atoms with van der Waals surface area (Å²) < 4.78 is 0. The predicted octanol–water partition coefficient (Wildman–Crippen LogP) is 2.91. The van der Waals surface area contributed by atoms with Crippen molar-refractivity contribution in [3.63, 3.8) is 0 Å². The van der Waals surface area contributed by atoms with Crippen molar-refractivity contribution in [2.75, 3.05) is 7.05 Å². The summed E-state index contributed by atoms with van der Waals surface area (Å²) in [5, 5.41) is 0. The fourth-order valence-electron chi connectivity index (χ4n) is 2.54. The van der Waals surface area contributed by atoms with Gasteiger partial charge in [-0.25, -0.2) is 0 Å². The Bertz CT molecular complexity index is 131. The van der Waals surface area contributed by atoms with E-state index in [0.29, 0.717) is 0 Å². The molecule has 0 N–H and O–H groups in total. The maximum Gasteiger partial charge on any atom is 0.0118 e. The van der Waals surface area contributed by atoms with Crippen molar-refractivity contribution in [1.82, 2.24) is 4.90 Å². The van der Waals surface area contributed by atoms with Gasteiger partial charge in [0.15, 0.2) is 0 Å². The summed E-state index contributed by atoms with van der Waals surface area (Å²) >= 11 is 0. The third-order valence-corrected chi connectivity index (χ3v) is 3.38. The van der Waals surface area contributed by atoms with Crippen LogP contribution in [0.3, 0.4) is 0 Å². The van der Waals surface area contributed by atoms with Crippen molar-refractivity contribution >= 4 is 0 Å². The Balaban J connectivity index is 2.53. The Morgan fingerprint density at radius 3 is 2.50 bits per heavy atom. The Hall–Kier alpha value is -0.0400. The van der Waals surface area contributed by atoms with Crippen molar-refractivity contribution in [2.45, 2.75) is 58.5 Å². The van der Waals surface area contributed by atoms with Crippen LogP contribution < -0.4 is 0 Å². The summed E-state index contributed by atoms with van der Waals surface area (Å²) in [6.45, 7) is 7.00. The molecular formula is C11H23N. The van der Waals surface area contributed by atoms with Crippen LogP contribution >= 0.6 is 0 Å². The van der Waals surface area contributed by atoms with Gasteiger partial charge in [-0.1, -0.05) is 27.2 Å². The normalized spacial score (nSPS) is 32.8. The molecule has 1 heteroatoms. The minimum absolute atomic E-state index is 0.823. The molecule has 1 fully saturated rings. The maximum absolute atomic E-state index is 2.61. The highest BCUT2D eigenvalue weighted by atomic mass is 15.2. The van der Waals surface area contributed by atoms with Crippen LogP contribution in [-0.4, -0.2) is 24.0 Å². The lowest BCUT2D eigenvalue weighted by Crippen LogP contribution is -2.46. The van der Waals surface area contributed by atoms with E-state index in [2.05, 4.69) is 32.7 Å². The van der Waals surface area contributed by atoms with Gasteiger partial charge >= 0.3 is 0 Å². The minimum atomic E-state index is 0.823. The van der Waals surface area contributed by atoms with E-state index in [1.807, 2.05) is 0 Å². The standard InChI is InChI=1S/C11H23N/c1-5-10-7-6-8-11(9(2)3)12(10)4/h9-11H,5-8H2,1-4H3/t10-,11-/m0/s1. The Kier molecular flexibility index (Phi) is 3.57. The largest absolute Gasteiger partial charge is 0.300 e. The number of rotatable bonds is 2. The first-order chi connectivity index (χ1) is 5.66. The number of hydrogen-bond donors (Lipinski definition) is 0. The highest BCUT2D eigenvalue weighted by Crippen LogP contribution is 2.27. The quantitative estimate of drug-likeness (QED) is 0.614. The number of nitrogens with zero attached hydrogens (tertiary/aromatic N) is 1. The second-order valence-corrected chi connectivity index (χ2v) is 4.47. The first kappa shape index (κ1) is 10.0. The van der Waals surface area contributed by atoms with Crippen LogP contribution in [0.1, 0.15) is 46.5 Å². The van der Waals surface area contributed by atoms with Gasteiger partial charge in [0.25, 0.3) is 0 Å². The summed E-state index contributed by atoms with van der Waals surface area (Å²) in [6, 6.07) is 1.69. The fourth-order valence-corrected chi connectivity index (χ4v) is 2.54. The zero-order valence-corrected chi connectivity index (χ0v) is 9.01. The third kappa shape index (κ3) is 2.01. The zero-order chi connectivity index (χ0) is 9.14. The molecule has 0 saturated carbocycles. The summed E-state index contributed by atoms with van der Waals surface area (Å²) in [5.41, 5.74) is 0. The monoisotopic (exact) mass is 169 g/mol. The highest BCUT2D eigenvalue weighted by Gasteiger charge is 2.27. The lowest BCUT2D eigenvalue weighted by molar-refractivity contribution is 0.0816. The topological polar surface area (TPSA) is 3.24 Å². The van der Waals surface area contributed by atoms with Crippen LogP contribution in [0.25, 0.3) is 0 Å². The second-order valence-electron chi connectivity index (χ2n) is 4.47. The predicted molar refractivity (Wildman–Crippen MR) is 54.3 cm³/mol. The van der Waals surface area contributed by atoms with Gasteiger partial charge in [-0.3, -0.25) is 0 Å². The molecule has 72 valence electrons. The SMILES string of the molecule is CC[C@H]1CCC[C@@H](C(C)C)N1C. The smallest absolute Gasteiger partial charge is 0.0118 e. The van der Waals surface area contributed by atoms with Gasteiger partial charge in [-0.05, 0) is 32.2 Å². The third-order valence-electron chi connectivity index (χ3n) is 3.38. The average molecular weight is 169 g/mol. The molecule has 0 bridgehead atoms. The van der Waals surface area contributed by atoms with E-state index in [0.717, 1.165) is 18.0 Å². The van der Waals surface area contributed by atoms with E-state index in [1.54, 1.807) is 0 Å². The molecule has 1 heterocycles. The van der Waals surface area contributed by atoms with Gasteiger partial charge in [0.05, 0.1) is 0 Å². The van der Waals surface area contributed by atoms with Gasteiger partial charge in [0.1, 0.15) is 0 Å². The molecule has 1 saturated heterocycles. The molecule has 0 spiro atoms. The van der Waals surface area contributed by atoms with Gasteiger partial charge < -0.3 is 4.90 Å². The zero-order valence-electron chi connectivity index (χ0n) is 9.01. The van der Waals surface area contributed by atoms with E-state index >= 15 is 0 Å². The molecule has 0 radical (unpaired) electrons. The van der Waals surface area contributed by atoms with Crippen molar-refractivity contribution in [3.05, 3.63) is 0 Å². The van der Waals surface area contributed by atoms with Crippen molar-refractivity contribution in [2.24, 2.45) is 5.92 Å². The fraction of sp³-hybridized carbons (Fsp3) is 1.00. The first-order valence-corrected chi connectivity index (χ1v) is 5.38. The van der Waals surface area contributed by atoms with Crippen LogP contribution in [0.15, 0.2) is 0 Å². The lowest BCUT2D eigenvalue weighted by Gasteiger charge is -2.41. The number of likely N-dealkylation sites (tertiary alicyclic amines) is 1. The Morgan fingerprint density at radius 2 is 2.00 bits per heavy atom. The van der Waals surface area contributed by atoms with Gasteiger partial charge in [0, 0.05) is 12.1 Å². The lowest BCUT2D eigenvalue weighted by atomic mass is 9.88. The molecule has 0 unspecified atom stereocenters. The Labute approximate surface area is 77.1 Å². The average Bonchev–Trinajstić information content (AvgIpc) is 2.04. The van der Waals surface area contributed by atoms with Crippen LogP contribution in [0.2, 0.25) is 0 Å². The summed E-state index contributed by atoms with van der Waals surface area (Å²) in [4.78, 5) is 2.61. The van der Waals surface area contributed by atoms with Crippen LogP contribution in [0.5, 0.6) is 0 Å². The van der Waals surface area contributed by atoms with E-state index in [1.165, 1.54) is 25.7 Å². The van der Waals surface area contributed by atoms with E-state index in [4.69, 9.17) is 0 Å². The molecule has 1 rings (SSSR count). The van der Waals surface area contributed by atoms with Gasteiger partial charge in [0.2, 0.25) is 0 Å². The molecule has 0 aromatic heterocycles. The summed E-state index contributed by atoms with van der Waals surface area (Å²) in [5.74, 6) is 0.823. The molecule has 1 aliphatic heterocycles. The summed E-state index contributed by atoms with van der Waals surface area (Å²) in [6.07, 6.45) is 5.58. The van der Waals surface area contributed by atoms with Crippen molar-refractivity contribution in [3.8, 4) is 0 Å². The Morgan fingerprint density at radius 1 is 1.33 bits per heavy atom. The second kappa shape index (κ2) is 4.27. The highest BCUT2D eigenvalue weighted by molar-refractivity contribution is 4.83. The van der Waals surface area contributed by atoms with Gasteiger partial charge in [-0.15, -0.1) is 0 Å². The van der Waals surface area contributed by atoms with Crippen LogP contribution in [0.4, 0.5) is 0 Å². The molecule has 12 heavy (non-hydrogen) atoms. The van der Waals surface area contributed by atoms with E-state index < -0.39 is 0 Å². The first-order valence-electron chi connectivity index (χ1n) is 5.38. The molecular weight excluding hydrogens is 146 g/mol. The molecule has 0 aromatic rings. The molecule has 0 aromatic carbocycles. The maximum atomic E-state index is 2.61. The molecule has 1 aliphatic rings. The minimum Gasteiger partial charge on any atom is -0.300 e.